The Bertz CT molecular complexity index is 681. The lowest BCUT2D eigenvalue weighted by molar-refractivity contribution is -0.124. The molecule has 0 heterocycles. The largest absolute Gasteiger partial charge is 0.483 e. The van der Waals surface area contributed by atoms with Crippen LogP contribution in [0.3, 0.4) is 0 Å². The Balaban J connectivity index is 1.60. The molecule has 3 heteroatoms. The Kier molecular flexibility index (Phi) is 4.96. The van der Waals surface area contributed by atoms with Gasteiger partial charge in [0.1, 0.15) is 5.75 Å². The molecule has 0 radical (unpaired) electrons. The molecule has 1 unspecified atom stereocenters. The molecular formula is C20H23NO2. The molecule has 3 rings (SSSR count). The number of para-hydroxylation sites is 1. The van der Waals surface area contributed by atoms with Crippen molar-refractivity contribution in [1.82, 2.24) is 5.32 Å². The van der Waals surface area contributed by atoms with Crippen LogP contribution in [-0.2, 0) is 17.6 Å². The number of benzene rings is 2. The van der Waals surface area contributed by atoms with Gasteiger partial charge in [-0.25, -0.2) is 0 Å². The third-order valence-corrected chi connectivity index (χ3v) is 4.42. The van der Waals surface area contributed by atoms with Crippen LogP contribution >= 0.6 is 0 Å². The molecule has 0 aliphatic heterocycles. The third-order valence-electron chi connectivity index (χ3n) is 4.42. The molecule has 0 spiro atoms. The van der Waals surface area contributed by atoms with Crippen molar-refractivity contribution < 1.29 is 9.53 Å². The van der Waals surface area contributed by atoms with Crippen molar-refractivity contribution in [2.75, 3.05) is 6.61 Å². The fraction of sp³-hybridized carbons (Fsp3) is 0.350. The highest BCUT2D eigenvalue weighted by Crippen LogP contribution is 2.29. The van der Waals surface area contributed by atoms with E-state index in [0.717, 1.165) is 37.0 Å². The van der Waals surface area contributed by atoms with Crippen molar-refractivity contribution >= 4 is 5.91 Å². The molecule has 1 aliphatic carbocycles. The standard InChI is InChI=1S/C20H23NO2/c1-2-15-8-4-6-13-19(15)23-14-20(22)21-18-12-7-10-16-9-3-5-11-17(16)18/h3-6,8-9,11,13,18H,2,7,10,12,14H2,1H3,(H,21,22). The molecule has 1 N–H and O–H groups in total. The molecule has 0 saturated carbocycles. The Hall–Kier alpha value is -2.29. The maximum absolute atomic E-state index is 12.3. The van der Waals surface area contributed by atoms with Crippen LogP contribution in [0.15, 0.2) is 48.5 Å². The van der Waals surface area contributed by atoms with Gasteiger partial charge < -0.3 is 10.1 Å². The van der Waals surface area contributed by atoms with E-state index in [0.29, 0.717) is 0 Å². The number of amides is 1. The van der Waals surface area contributed by atoms with Gasteiger partial charge in [0, 0.05) is 0 Å². The summed E-state index contributed by atoms with van der Waals surface area (Å²) in [6.07, 6.45) is 4.10. The summed E-state index contributed by atoms with van der Waals surface area (Å²) in [5, 5.41) is 3.12. The van der Waals surface area contributed by atoms with Gasteiger partial charge in [0.05, 0.1) is 6.04 Å². The first-order valence-electron chi connectivity index (χ1n) is 8.35. The maximum Gasteiger partial charge on any atom is 0.258 e. The number of hydrogen-bond acceptors (Lipinski definition) is 2. The monoisotopic (exact) mass is 309 g/mol. The lowest BCUT2D eigenvalue weighted by Crippen LogP contribution is -2.34. The average molecular weight is 309 g/mol. The summed E-state index contributed by atoms with van der Waals surface area (Å²) >= 11 is 0. The molecule has 0 aromatic heterocycles. The molecule has 2 aromatic rings. The molecule has 0 saturated heterocycles. The summed E-state index contributed by atoms with van der Waals surface area (Å²) in [6.45, 7) is 2.15. The molecule has 3 nitrogen and oxygen atoms in total. The summed E-state index contributed by atoms with van der Waals surface area (Å²) in [7, 11) is 0. The zero-order valence-corrected chi connectivity index (χ0v) is 13.5. The molecule has 0 bridgehead atoms. The van der Waals surface area contributed by atoms with Crippen LogP contribution in [0.4, 0.5) is 0 Å². The minimum absolute atomic E-state index is 0.0578. The Morgan fingerprint density at radius 2 is 1.96 bits per heavy atom. The van der Waals surface area contributed by atoms with Gasteiger partial charge in [-0.15, -0.1) is 0 Å². The minimum Gasteiger partial charge on any atom is -0.483 e. The number of hydrogen-bond donors (Lipinski definition) is 1. The van der Waals surface area contributed by atoms with Crippen LogP contribution in [0.1, 0.15) is 42.5 Å². The summed E-state index contributed by atoms with van der Waals surface area (Å²) in [5.41, 5.74) is 3.73. The van der Waals surface area contributed by atoms with E-state index in [2.05, 4.69) is 30.4 Å². The number of fused-ring (bicyclic) bond motifs is 1. The minimum atomic E-state index is -0.0578. The van der Waals surface area contributed by atoms with Crippen molar-refractivity contribution in [1.29, 1.82) is 0 Å². The molecule has 1 aliphatic rings. The van der Waals surface area contributed by atoms with Gasteiger partial charge >= 0.3 is 0 Å². The summed E-state index contributed by atoms with van der Waals surface area (Å²) in [5.74, 6) is 0.742. The van der Waals surface area contributed by atoms with E-state index in [9.17, 15) is 4.79 Å². The van der Waals surface area contributed by atoms with Crippen LogP contribution < -0.4 is 10.1 Å². The van der Waals surface area contributed by atoms with Gasteiger partial charge in [0.2, 0.25) is 0 Å². The highest BCUT2D eigenvalue weighted by Gasteiger charge is 2.21. The van der Waals surface area contributed by atoms with Gasteiger partial charge in [0.15, 0.2) is 6.61 Å². The summed E-state index contributed by atoms with van der Waals surface area (Å²) in [6, 6.07) is 16.4. The van der Waals surface area contributed by atoms with E-state index < -0.39 is 0 Å². The second kappa shape index (κ2) is 7.32. The first-order valence-corrected chi connectivity index (χ1v) is 8.35. The van der Waals surface area contributed by atoms with Crippen molar-refractivity contribution in [3.05, 3.63) is 65.2 Å². The molecule has 1 amide bonds. The third kappa shape index (κ3) is 3.73. The Morgan fingerprint density at radius 3 is 2.83 bits per heavy atom. The molecule has 1 atom stereocenters. The SMILES string of the molecule is CCc1ccccc1OCC(=O)NC1CCCc2ccccc21. The number of rotatable bonds is 5. The first kappa shape index (κ1) is 15.6. The number of nitrogens with one attached hydrogen (secondary N) is 1. The number of carbonyl (C=O) groups is 1. The van der Waals surface area contributed by atoms with Crippen molar-refractivity contribution in [2.45, 2.75) is 38.6 Å². The normalized spacial score (nSPS) is 16.5. The zero-order chi connectivity index (χ0) is 16.1. The number of aryl methyl sites for hydroxylation is 2. The Morgan fingerprint density at radius 1 is 1.17 bits per heavy atom. The lowest BCUT2D eigenvalue weighted by Gasteiger charge is -2.26. The van der Waals surface area contributed by atoms with E-state index in [1.807, 2.05) is 30.3 Å². The van der Waals surface area contributed by atoms with Gasteiger partial charge in [-0.05, 0) is 48.4 Å². The van der Waals surface area contributed by atoms with E-state index in [1.54, 1.807) is 0 Å². The molecule has 23 heavy (non-hydrogen) atoms. The number of ether oxygens (including phenoxy) is 1. The van der Waals surface area contributed by atoms with E-state index in [-0.39, 0.29) is 18.6 Å². The fourth-order valence-electron chi connectivity index (χ4n) is 3.22. The smallest absolute Gasteiger partial charge is 0.258 e. The second-order valence-corrected chi connectivity index (χ2v) is 5.96. The van der Waals surface area contributed by atoms with Gasteiger partial charge in [-0.2, -0.15) is 0 Å². The fourth-order valence-corrected chi connectivity index (χ4v) is 3.22. The van der Waals surface area contributed by atoms with Crippen molar-refractivity contribution in [3.8, 4) is 5.75 Å². The van der Waals surface area contributed by atoms with Crippen LogP contribution in [0, 0.1) is 0 Å². The summed E-state index contributed by atoms with van der Waals surface area (Å²) in [4.78, 5) is 12.3. The maximum atomic E-state index is 12.3. The highest BCUT2D eigenvalue weighted by molar-refractivity contribution is 5.78. The molecule has 0 fully saturated rings. The van der Waals surface area contributed by atoms with E-state index >= 15 is 0 Å². The van der Waals surface area contributed by atoms with Gasteiger partial charge in [-0.3, -0.25) is 4.79 Å². The number of carbonyl (C=O) groups excluding carboxylic acids is 1. The van der Waals surface area contributed by atoms with E-state index in [1.165, 1.54) is 11.1 Å². The average Bonchev–Trinajstić information content (AvgIpc) is 2.60. The molecule has 120 valence electrons. The predicted octanol–water partition coefficient (Wildman–Crippen LogP) is 3.82. The summed E-state index contributed by atoms with van der Waals surface area (Å²) < 4.78 is 5.71. The van der Waals surface area contributed by atoms with Crippen LogP contribution in [0.2, 0.25) is 0 Å². The topological polar surface area (TPSA) is 38.3 Å². The molecular weight excluding hydrogens is 286 g/mol. The van der Waals surface area contributed by atoms with Crippen LogP contribution in [0.25, 0.3) is 0 Å². The van der Waals surface area contributed by atoms with Gasteiger partial charge in [-0.1, -0.05) is 49.4 Å². The van der Waals surface area contributed by atoms with Crippen molar-refractivity contribution in [2.24, 2.45) is 0 Å². The second-order valence-electron chi connectivity index (χ2n) is 5.96. The van der Waals surface area contributed by atoms with Crippen LogP contribution in [-0.4, -0.2) is 12.5 Å². The van der Waals surface area contributed by atoms with Crippen LogP contribution in [0.5, 0.6) is 5.75 Å². The predicted molar refractivity (Wildman–Crippen MR) is 91.6 cm³/mol. The van der Waals surface area contributed by atoms with Crippen molar-refractivity contribution in [3.63, 3.8) is 0 Å². The lowest BCUT2D eigenvalue weighted by atomic mass is 9.88. The van der Waals surface area contributed by atoms with Gasteiger partial charge in [0.25, 0.3) is 5.91 Å². The first-order chi connectivity index (χ1) is 11.3. The Labute approximate surface area is 137 Å². The highest BCUT2D eigenvalue weighted by atomic mass is 16.5. The zero-order valence-electron chi connectivity index (χ0n) is 13.5. The van der Waals surface area contributed by atoms with E-state index in [4.69, 9.17) is 4.74 Å². The molecule has 2 aromatic carbocycles. The quantitative estimate of drug-likeness (QED) is 0.912.